The molecule has 4 atom stereocenters. The Morgan fingerprint density at radius 3 is 2.27 bits per heavy atom. The van der Waals surface area contributed by atoms with Crippen LogP contribution in [-0.2, 0) is 14.8 Å². The SMILES string of the molecule is O=C(Nc1ccc(S(=O)(=O)Nc2ncccn2)cc1)C12C[C@@H]3C[C@@H](CC(Cl)(C3)C1)C2. The summed E-state index contributed by atoms with van der Waals surface area (Å²) in [6.45, 7) is 0. The fourth-order valence-electron chi connectivity index (χ4n) is 5.93. The van der Waals surface area contributed by atoms with Crippen molar-refractivity contribution in [2.45, 2.75) is 48.3 Å². The maximum atomic E-state index is 13.2. The zero-order valence-electron chi connectivity index (χ0n) is 16.3. The third-order valence-corrected chi connectivity index (χ3v) is 8.47. The molecule has 4 bridgehead atoms. The van der Waals surface area contributed by atoms with E-state index in [0.29, 0.717) is 17.5 Å². The van der Waals surface area contributed by atoms with Gasteiger partial charge in [-0.1, -0.05) is 0 Å². The van der Waals surface area contributed by atoms with Crippen LogP contribution in [0, 0.1) is 17.3 Å². The number of nitrogens with one attached hydrogen (secondary N) is 2. The van der Waals surface area contributed by atoms with Crippen LogP contribution in [-0.4, -0.2) is 29.2 Å². The lowest BCUT2D eigenvalue weighted by atomic mass is 9.49. The summed E-state index contributed by atoms with van der Waals surface area (Å²) < 4.78 is 27.3. The van der Waals surface area contributed by atoms with Gasteiger partial charge >= 0.3 is 0 Å². The molecular formula is C21H23ClN4O3S. The second-order valence-corrected chi connectivity index (χ2v) is 11.5. The van der Waals surface area contributed by atoms with Gasteiger partial charge in [-0.3, -0.25) is 4.79 Å². The van der Waals surface area contributed by atoms with E-state index in [0.717, 1.165) is 32.1 Å². The molecule has 4 saturated carbocycles. The largest absolute Gasteiger partial charge is 0.326 e. The molecule has 4 fully saturated rings. The summed E-state index contributed by atoms with van der Waals surface area (Å²) in [4.78, 5) is 20.8. The van der Waals surface area contributed by atoms with E-state index in [1.54, 1.807) is 18.2 Å². The number of sulfonamides is 1. The standard InChI is InChI=1S/C21H23ClN4O3S/c22-21-11-14-8-15(12-21)10-20(9-14,13-21)18(27)25-16-2-4-17(5-3-16)30(28,29)26-19-23-6-1-7-24-19/h1-7,14-15H,8-13H2,(H,25,27)(H,23,24,26)/t14-,15+,20?,21?. The predicted molar refractivity (Wildman–Crippen MR) is 114 cm³/mol. The summed E-state index contributed by atoms with van der Waals surface area (Å²) >= 11 is 6.84. The Labute approximate surface area is 180 Å². The van der Waals surface area contributed by atoms with E-state index in [9.17, 15) is 13.2 Å². The van der Waals surface area contributed by atoms with Crippen LogP contribution < -0.4 is 10.0 Å². The zero-order valence-corrected chi connectivity index (χ0v) is 17.9. The first kappa shape index (κ1) is 19.8. The Balaban J connectivity index is 1.30. The van der Waals surface area contributed by atoms with E-state index in [-0.39, 0.29) is 21.6 Å². The van der Waals surface area contributed by atoms with Gasteiger partial charge in [0.25, 0.3) is 10.0 Å². The van der Waals surface area contributed by atoms with E-state index in [1.165, 1.54) is 30.9 Å². The van der Waals surface area contributed by atoms with Crippen LogP contribution in [0.1, 0.15) is 38.5 Å². The van der Waals surface area contributed by atoms with Gasteiger partial charge in [-0.05, 0) is 80.7 Å². The monoisotopic (exact) mass is 446 g/mol. The lowest BCUT2D eigenvalue weighted by Gasteiger charge is -2.59. The van der Waals surface area contributed by atoms with Gasteiger partial charge in [0.1, 0.15) is 0 Å². The summed E-state index contributed by atoms with van der Waals surface area (Å²) in [6.07, 6.45) is 8.67. The van der Waals surface area contributed by atoms with Crippen molar-refractivity contribution in [2.24, 2.45) is 17.3 Å². The number of hydrogen-bond acceptors (Lipinski definition) is 5. The maximum Gasteiger partial charge on any atom is 0.264 e. The highest BCUT2D eigenvalue weighted by molar-refractivity contribution is 7.92. The molecule has 2 unspecified atom stereocenters. The van der Waals surface area contributed by atoms with Crippen molar-refractivity contribution >= 4 is 39.2 Å². The molecule has 158 valence electrons. The van der Waals surface area contributed by atoms with Crippen LogP contribution in [0.25, 0.3) is 0 Å². The lowest BCUT2D eigenvalue weighted by Crippen LogP contribution is -2.57. The van der Waals surface area contributed by atoms with Gasteiger partial charge in [-0.15, -0.1) is 11.6 Å². The second kappa shape index (κ2) is 6.92. The van der Waals surface area contributed by atoms with Gasteiger partial charge in [0.15, 0.2) is 0 Å². The van der Waals surface area contributed by atoms with Crippen molar-refractivity contribution in [3.63, 3.8) is 0 Å². The summed E-state index contributed by atoms with van der Waals surface area (Å²) in [5.41, 5.74) is 0.178. The maximum absolute atomic E-state index is 13.2. The van der Waals surface area contributed by atoms with Crippen molar-refractivity contribution < 1.29 is 13.2 Å². The fraction of sp³-hybridized carbons (Fsp3) is 0.476. The first-order chi connectivity index (χ1) is 14.3. The molecule has 7 nitrogen and oxygen atoms in total. The van der Waals surface area contributed by atoms with Gasteiger partial charge < -0.3 is 5.32 Å². The van der Waals surface area contributed by atoms with Crippen LogP contribution in [0.15, 0.2) is 47.6 Å². The Hall–Kier alpha value is -2.19. The van der Waals surface area contributed by atoms with E-state index >= 15 is 0 Å². The molecule has 9 heteroatoms. The summed E-state index contributed by atoms with van der Waals surface area (Å²) in [6, 6.07) is 7.74. The van der Waals surface area contributed by atoms with Gasteiger partial charge in [0.05, 0.1) is 10.3 Å². The van der Waals surface area contributed by atoms with Gasteiger partial charge in [0.2, 0.25) is 11.9 Å². The summed E-state index contributed by atoms with van der Waals surface area (Å²) in [5, 5.41) is 3.01. The minimum Gasteiger partial charge on any atom is -0.326 e. The van der Waals surface area contributed by atoms with Crippen LogP contribution in [0.5, 0.6) is 0 Å². The van der Waals surface area contributed by atoms with E-state index in [4.69, 9.17) is 11.6 Å². The number of aromatic nitrogens is 2. The zero-order chi connectivity index (χ0) is 21.0. The number of anilines is 2. The highest BCUT2D eigenvalue weighted by atomic mass is 35.5. The number of carbonyl (C=O) groups excluding carboxylic acids is 1. The van der Waals surface area contributed by atoms with Crippen molar-refractivity contribution in [3.05, 3.63) is 42.7 Å². The molecule has 6 rings (SSSR count). The highest BCUT2D eigenvalue weighted by Gasteiger charge is 2.60. The molecule has 0 aliphatic heterocycles. The van der Waals surface area contributed by atoms with Crippen molar-refractivity contribution in [1.29, 1.82) is 0 Å². The fourth-order valence-corrected chi connectivity index (χ4v) is 7.58. The van der Waals surface area contributed by atoms with Gasteiger partial charge in [-0.2, -0.15) is 0 Å². The third kappa shape index (κ3) is 3.56. The van der Waals surface area contributed by atoms with Crippen molar-refractivity contribution in [1.82, 2.24) is 9.97 Å². The smallest absolute Gasteiger partial charge is 0.264 e. The van der Waals surface area contributed by atoms with Crippen molar-refractivity contribution in [2.75, 3.05) is 10.0 Å². The average Bonchev–Trinajstić information content (AvgIpc) is 2.67. The Kier molecular flexibility index (Phi) is 4.56. The van der Waals surface area contributed by atoms with Gasteiger partial charge in [0, 0.05) is 23.0 Å². The van der Waals surface area contributed by atoms with E-state index in [1.807, 2.05) is 0 Å². The number of amides is 1. The van der Waals surface area contributed by atoms with Crippen LogP contribution >= 0.6 is 11.6 Å². The Morgan fingerprint density at radius 1 is 1.03 bits per heavy atom. The molecule has 0 spiro atoms. The highest BCUT2D eigenvalue weighted by Crippen LogP contribution is 2.64. The summed E-state index contributed by atoms with van der Waals surface area (Å²) in [5.74, 6) is 1.08. The molecule has 1 heterocycles. The number of rotatable bonds is 5. The first-order valence-corrected chi connectivity index (χ1v) is 12.0. The summed E-state index contributed by atoms with van der Waals surface area (Å²) in [7, 11) is -3.81. The molecule has 2 aromatic rings. The number of halogens is 1. The minimum absolute atomic E-state index is 0.00620. The molecule has 1 aromatic carbocycles. The first-order valence-electron chi connectivity index (χ1n) is 10.2. The quantitative estimate of drug-likeness (QED) is 0.680. The molecule has 2 N–H and O–H groups in total. The number of carbonyl (C=O) groups is 1. The van der Waals surface area contributed by atoms with Crippen LogP contribution in [0.3, 0.4) is 0 Å². The normalized spacial score (nSPS) is 32.0. The number of nitrogens with zero attached hydrogens (tertiary/aromatic N) is 2. The topological polar surface area (TPSA) is 101 Å². The average molecular weight is 447 g/mol. The predicted octanol–water partition coefficient (Wildman–Crippen LogP) is 3.79. The van der Waals surface area contributed by atoms with Crippen molar-refractivity contribution in [3.8, 4) is 0 Å². The van der Waals surface area contributed by atoms with Crippen LogP contribution in [0.2, 0.25) is 0 Å². The van der Waals surface area contributed by atoms with E-state index < -0.39 is 15.4 Å². The number of hydrogen-bond donors (Lipinski definition) is 2. The van der Waals surface area contributed by atoms with E-state index in [2.05, 4.69) is 20.0 Å². The van der Waals surface area contributed by atoms with Crippen LogP contribution in [0.4, 0.5) is 11.6 Å². The van der Waals surface area contributed by atoms with Gasteiger partial charge in [-0.25, -0.2) is 23.1 Å². The molecule has 1 amide bonds. The Bertz CT molecular complexity index is 1060. The molecule has 1 aromatic heterocycles. The molecule has 4 aliphatic rings. The Morgan fingerprint density at radius 2 is 1.67 bits per heavy atom. The number of benzene rings is 1. The molecular weight excluding hydrogens is 424 g/mol. The molecule has 0 radical (unpaired) electrons. The lowest BCUT2D eigenvalue weighted by molar-refractivity contribution is -0.138. The second-order valence-electron chi connectivity index (χ2n) is 9.05. The minimum atomic E-state index is -3.81. The number of alkyl halides is 1. The molecule has 4 aliphatic carbocycles. The third-order valence-electron chi connectivity index (χ3n) is 6.69. The molecule has 0 saturated heterocycles. The molecule has 30 heavy (non-hydrogen) atoms.